The lowest BCUT2D eigenvalue weighted by Gasteiger charge is -2.39. The summed E-state index contributed by atoms with van der Waals surface area (Å²) < 4.78 is 33.7. The average Bonchev–Trinajstić information content (AvgIpc) is 3.23. The molecule has 5 rings (SSSR count). The Hall–Kier alpha value is -2.25. The lowest BCUT2D eigenvalue weighted by atomic mass is 9.61. The van der Waals surface area contributed by atoms with Crippen molar-refractivity contribution in [2.75, 3.05) is 5.32 Å². The van der Waals surface area contributed by atoms with Crippen molar-refractivity contribution in [3.63, 3.8) is 0 Å². The van der Waals surface area contributed by atoms with Crippen molar-refractivity contribution in [3.8, 4) is 0 Å². The SMILES string of the molecule is O=C1Nc2c(ccc(F)c2F)C1(c1ccc2c(c1)COB2O)C1CCCCC1. The molecular formula is C21H20BF2NO3. The number of fused-ring (bicyclic) bond motifs is 2. The van der Waals surface area contributed by atoms with Crippen LogP contribution >= 0.6 is 0 Å². The van der Waals surface area contributed by atoms with Gasteiger partial charge in [0.05, 0.1) is 12.3 Å². The van der Waals surface area contributed by atoms with Gasteiger partial charge in [-0.1, -0.05) is 43.5 Å². The third-order valence-electron chi connectivity index (χ3n) is 6.59. The van der Waals surface area contributed by atoms with Gasteiger partial charge in [-0.25, -0.2) is 8.78 Å². The molecule has 1 fully saturated rings. The van der Waals surface area contributed by atoms with Gasteiger partial charge in [0, 0.05) is 0 Å². The van der Waals surface area contributed by atoms with Gasteiger partial charge in [0.15, 0.2) is 11.6 Å². The molecule has 1 saturated carbocycles. The molecule has 7 heteroatoms. The third kappa shape index (κ3) is 2.32. The monoisotopic (exact) mass is 383 g/mol. The van der Waals surface area contributed by atoms with Crippen LogP contribution in [0.1, 0.15) is 48.8 Å². The first-order valence-corrected chi connectivity index (χ1v) is 9.76. The summed E-state index contributed by atoms with van der Waals surface area (Å²) in [5, 5.41) is 12.6. The predicted molar refractivity (Wildman–Crippen MR) is 101 cm³/mol. The maximum absolute atomic E-state index is 14.5. The molecule has 28 heavy (non-hydrogen) atoms. The molecule has 2 aromatic carbocycles. The minimum atomic E-state index is -1.06. The maximum Gasteiger partial charge on any atom is 0.491 e. The molecule has 0 aromatic heterocycles. The summed E-state index contributed by atoms with van der Waals surface area (Å²) >= 11 is 0. The van der Waals surface area contributed by atoms with Crippen LogP contribution in [-0.2, 0) is 21.5 Å². The molecule has 1 atom stereocenters. The Labute approximate surface area is 162 Å². The third-order valence-corrected chi connectivity index (χ3v) is 6.59. The Morgan fingerprint density at radius 2 is 1.93 bits per heavy atom. The molecule has 2 aliphatic heterocycles. The summed E-state index contributed by atoms with van der Waals surface area (Å²) in [7, 11) is -0.967. The molecule has 2 N–H and O–H groups in total. The molecule has 0 radical (unpaired) electrons. The van der Waals surface area contributed by atoms with Crippen molar-refractivity contribution in [1.82, 2.24) is 0 Å². The van der Waals surface area contributed by atoms with Crippen molar-refractivity contribution in [1.29, 1.82) is 0 Å². The van der Waals surface area contributed by atoms with E-state index in [0.29, 0.717) is 11.0 Å². The number of rotatable bonds is 2. The van der Waals surface area contributed by atoms with E-state index in [1.807, 2.05) is 12.1 Å². The summed E-state index contributed by atoms with van der Waals surface area (Å²) in [4.78, 5) is 13.4. The first-order chi connectivity index (χ1) is 13.5. The van der Waals surface area contributed by atoms with Crippen LogP contribution in [0.5, 0.6) is 0 Å². The van der Waals surface area contributed by atoms with E-state index in [0.717, 1.165) is 49.3 Å². The van der Waals surface area contributed by atoms with Crippen LogP contribution in [0.15, 0.2) is 30.3 Å². The second kappa shape index (κ2) is 6.39. The first kappa shape index (κ1) is 17.8. The molecule has 0 spiro atoms. The zero-order valence-electron chi connectivity index (χ0n) is 15.3. The number of anilines is 1. The standard InChI is InChI=1S/C21H20BF2NO3/c23-17-9-7-15-19(18(17)24)25-20(26)21(15,13-4-2-1-3-5-13)14-6-8-16-12(10-14)11-28-22(16)27/h6-10,13,27H,1-5,11H2,(H,25,26). The van der Waals surface area contributed by atoms with Gasteiger partial charge in [-0.2, -0.15) is 0 Å². The number of nitrogens with one attached hydrogen (secondary N) is 1. The predicted octanol–water partition coefficient (Wildman–Crippen LogP) is 3.00. The minimum absolute atomic E-state index is 0.00217. The lowest BCUT2D eigenvalue weighted by molar-refractivity contribution is -0.121. The zero-order valence-corrected chi connectivity index (χ0v) is 15.3. The van der Waals surface area contributed by atoms with E-state index in [-0.39, 0.29) is 24.1 Å². The van der Waals surface area contributed by atoms with Crippen LogP contribution in [0.2, 0.25) is 0 Å². The van der Waals surface area contributed by atoms with Crippen LogP contribution in [0.25, 0.3) is 0 Å². The molecule has 0 saturated heterocycles. The van der Waals surface area contributed by atoms with Crippen molar-refractivity contribution in [3.05, 3.63) is 58.7 Å². The highest BCUT2D eigenvalue weighted by atomic mass is 19.2. The molecule has 144 valence electrons. The van der Waals surface area contributed by atoms with Gasteiger partial charge >= 0.3 is 7.12 Å². The van der Waals surface area contributed by atoms with E-state index in [4.69, 9.17) is 4.65 Å². The van der Waals surface area contributed by atoms with E-state index < -0.39 is 24.2 Å². The molecule has 1 aliphatic carbocycles. The minimum Gasteiger partial charge on any atom is -0.423 e. The highest BCUT2D eigenvalue weighted by Crippen LogP contribution is 2.53. The summed E-state index contributed by atoms with van der Waals surface area (Å²) in [5.74, 6) is -2.29. The van der Waals surface area contributed by atoms with E-state index in [1.165, 1.54) is 0 Å². The van der Waals surface area contributed by atoms with Gasteiger partial charge in [-0.3, -0.25) is 4.79 Å². The summed E-state index contributed by atoms with van der Waals surface area (Å²) in [6.45, 7) is 0.261. The number of amides is 1. The van der Waals surface area contributed by atoms with Gasteiger partial charge in [0.1, 0.15) is 5.41 Å². The molecule has 4 nitrogen and oxygen atoms in total. The number of hydrogen-bond acceptors (Lipinski definition) is 3. The number of carbonyl (C=O) groups is 1. The van der Waals surface area contributed by atoms with Crippen molar-refractivity contribution < 1.29 is 23.3 Å². The highest BCUT2D eigenvalue weighted by Gasteiger charge is 2.54. The van der Waals surface area contributed by atoms with Crippen LogP contribution < -0.4 is 10.8 Å². The molecule has 0 bridgehead atoms. The Bertz CT molecular complexity index is 976. The fourth-order valence-electron chi connectivity index (χ4n) is 5.27. The molecule has 2 heterocycles. The van der Waals surface area contributed by atoms with Crippen LogP contribution in [0, 0.1) is 17.6 Å². The van der Waals surface area contributed by atoms with E-state index in [1.54, 1.807) is 12.1 Å². The first-order valence-electron chi connectivity index (χ1n) is 9.76. The summed E-state index contributed by atoms with van der Waals surface area (Å²) in [6, 6.07) is 8.13. The molecule has 1 amide bonds. The fraction of sp³-hybridized carbons (Fsp3) is 0.381. The molecule has 3 aliphatic rings. The van der Waals surface area contributed by atoms with Crippen molar-refractivity contribution in [2.45, 2.75) is 44.1 Å². The van der Waals surface area contributed by atoms with Gasteiger partial charge < -0.3 is 15.0 Å². The largest absolute Gasteiger partial charge is 0.491 e. The lowest BCUT2D eigenvalue weighted by Crippen LogP contribution is -2.44. The van der Waals surface area contributed by atoms with Gasteiger partial charge in [0.25, 0.3) is 0 Å². The van der Waals surface area contributed by atoms with Crippen molar-refractivity contribution >= 4 is 24.2 Å². The normalized spacial score (nSPS) is 24.2. The highest BCUT2D eigenvalue weighted by molar-refractivity contribution is 6.61. The number of benzene rings is 2. The maximum atomic E-state index is 14.5. The van der Waals surface area contributed by atoms with Gasteiger partial charge in [-0.15, -0.1) is 0 Å². The average molecular weight is 383 g/mol. The van der Waals surface area contributed by atoms with Gasteiger partial charge in [-0.05, 0) is 47.0 Å². The van der Waals surface area contributed by atoms with E-state index >= 15 is 0 Å². The number of carbonyl (C=O) groups excluding carboxylic acids is 1. The topological polar surface area (TPSA) is 58.6 Å². The number of hydrogen-bond donors (Lipinski definition) is 2. The molecule has 2 aromatic rings. The fourth-order valence-corrected chi connectivity index (χ4v) is 5.27. The Balaban J connectivity index is 1.75. The van der Waals surface area contributed by atoms with E-state index in [9.17, 15) is 18.6 Å². The zero-order chi connectivity index (χ0) is 19.5. The molecular weight excluding hydrogens is 363 g/mol. The quantitative estimate of drug-likeness (QED) is 0.784. The van der Waals surface area contributed by atoms with Crippen LogP contribution in [-0.4, -0.2) is 18.0 Å². The summed E-state index contributed by atoms with van der Waals surface area (Å²) in [6.07, 6.45) is 4.82. The number of halogens is 2. The second-order valence-electron chi connectivity index (χ2n) is 7.96. The van der Waals surface area contributed by atoms with E-state index in [2.05, 4.69) is 5.32 Å². The smallest absolute Gasteiger partial charge is 0.423 e. The Morgan fingerprint density at radius 1 is 1.14 bits per heavy atom. The summed E-state index contributed by atoms with van der Waals surface area (Å²) in [5.41, 5.74) is 1.65. The second-order valence-corrected chi connectivity index (χ2v) is 7.96. The van der Waals surface area contributed by atoms with Gasteiger partial charge in [0.2, 0.25) is 5.91 Å². The molecule has 1 unspecified atom stereocenters. The van der Waals surface area contributed by atoms with Crippen LogP contribution in [0.4, 0.5) is 14.5 Å². The van der Waals surface area contributed by atoms with Crippen LogP contribution in [0.3, 0.4) is 0 Å². The van der Waals surface area contributed by atoms with Crippen molar-refractivity contribution in [2.24, 2.45) is 5.92 Å². The Morgan fingerprint density at radius 3 is 2.71 bits per heavy atom. The Kier molecular flexibility index (Phi) is 4.07.